The number of ether oxygens (including phenoxy) is 4. The standard InChI is InChI=1S/C16H25NO5/c1-10(16(18)22-6)11(2)17-9-12-7-13(19-3)15(21-5)14(8-12)20-4/h7-8,10-11,17H,9H2,1-6H3. The van der Waals surface area contributed by atoms with Crippen molar-refractivity contribution >= 4 is 5.97 Å². The van der Waals surface area contributed by atoms with Gasteiger partial charge in [0.15, 0.2) is 11.5 Å². The van der Waals surface area contributed by atoms with Crippen LogP contribution in [0.2, 0.25) is 0 Å². The summed E-state index contributed by atoms with van der Waals surface area (Å²) in [6, 6.07) is 3.74. The number of hydrogen-bond acceptors (Lipinski definition) is 6. The van der Waals surface area contributed by atoms with Gasteiger partial charge in [0, 0.05) is 12.6 Å². The molecule has 1 aromatic rings. The van der Waals surface area contributed by atoms with E-state index in [1.807, 2.05) is 26.0 Å². The van der Waals surface area contributed by atoms with Gasteiger partial charge in [-0.05, 0) is 24.6 Å². The Morgan fingerprint density at radius 1 is 1.05 bits per heavy atom. The summed E-state index contributed by atoms with van der Waals surface area (Å²) in [7, 11) is 6.12. The number of carbonyl (C=O) groups is 1. The first-order chi connectivity index (χ1) is 10.5. The van der Waals surface area contributed by atoms with Crippen molar-refractivity contribution in [1.29, 1.82) is 0 Å². The van der Waals surface area contributed by atoms with Crippen LogP contribution in [0.25, 0.3) is 0 Å². The van der Waals surface area contributed by atoms with Crippen LogP contribution in [-0.4, -0.2) is 40.5 Å². The van der Waals surface area contributed by atoms with Crippen molar-refractivity contribution in [2.45, 2.75) is 26.4 Å². The second kappa shape index (κ2) is 8.48. The zero-order valence-electron chi connectivity index (χ0n) is 14.1. The van der Waals surface area contributed by atoms with Crippen LogP contribution in [0.3, 0.4) is 0 Å². The van der Waals surface area contributed by atoms with E-state index in [0.717, 1.165) is 5.56 Å². The van der Waals surface area contributed by atoms with Gasteiger partial charge >= 0.3 is 5.97 Å². The van der Waals surface area contributed by atoms with E-state index in [1.165, 1.54) is 7.11 Å². The van der Waals surface area contributed by atoms with Crippen molar-refractivity contribution in [2.75, 3.05) is 28.4 Å². The Morgan fingerprint density at radius 2 is 1.59 bits per heavy atom. The molecule has 124 valence electrons. The van der Waals surface area contributed by atoms with E-state index < -0.39 is 0 Å². The smallest absolute Gasteiger partial charge is 0.309 e. The Hall–Kier alpha value is -1.95. The highest BCUT2D eigenvalue weighted by Crippen LogP contribution is 2.38. The molecule has 22 heavy (non-hydrogen) atoms. The summed E-state index contributed by atoms with van der Waals surface area (Å²) in [5, 5.41) is 3.30. The van der Waals surface area contributed by atoms with Gasteiger partial charge in [-0.2, -0.15) is 0 Å². The van der Waals surface area contributed by atoms with Gasteiger partial charge in [-0.3, -0.25) is 4.79 Å². The molecule has 2 unspecified atom stereocenters. The maximum absolute atomic E-state index is 11.5. The molecule has 0 aliphatic heterocycles. The quantitative estimate of drug-likeness (QED) is 0.741. The Balaban J connectivity index is 2.84. The van der Waals surface area contributed by atoms with Crippen molar-refractivity contribution in [3.8, 4) is 17.2 Å². The SMILES string of the molecule is COC(=O)C(C)C(C)NCc1cc(OC)c(OC)c(OC)c1. The maximum atomic E-state index is 11.5. The van der Waals surface area contributed by atoms with Crippen LogP contribution in [0.15, 0.2) is 12.1 Å². The number of hydrogen-bond donors (Lipinski definition) is 1. The molecule has 6 nitrogen and oxygen atoms in total. The van der Waals surface area contributed by atoms with Crippen LogP contribution in [0.1, 0.15) is 19.4 Å². The van der Waals surface area contributed by atoms with Crippen molar-refractivity contribution < 1.29 is 23.7 Å². The minimum Gasteiger partial charge on any atom is -0.493 e. The van der Waals surface area contributed by atoms with Crippen LogP contribution in [0.4, 0.5) is 0 Å². The second-order valence-electron chi connectivity index (χ2n) is 5.01. The van der Waals surface area contributed by atoms with Gasteiger partial charge < -0.3 is 24.3 Å². The molecule has 0 fully saturated rings. The van der Waals surface area contributed by atoms with Crippen LogP contribution >= 0.6 is 0 Å². The van der Waals surface area contributed by atoms with Gasteiger partial charge in [-0.15, -0.1) is 0 Å². The lowest BCUT2D eigenvalue weighted by Crippen LogP contribution is -2.36. The average Bonchev–Trinajstić information content (AvgIpc) is 2.56. The summed E-state index contributed by atoms with van der Waals surface area (Å²) >= 11 is 0. The predicted molar refractivity (Wildman–Crippen MR) is 83.6 cm³/mol. The van der Waals surface area contributed by atoms with Gasteiger partial charge in [0.1, 0.15) is 0 Å². The van der Waals surface area contributed by atoms with E-state index in [2.05, 4.69) is 5.32 Å². The van der Waals surface area contributed by atoms with E-state index in [0.29, 0.717) is 23.8 Å². The van der Waals surface area contributed by atoms with E-state index in [-0.39, 0.29) is 17.9 Å². The Morgan fingerprint density at radius 3 is 2.00 bits per heavy atom. The first kappa shape index (κ1) is 18.1. The summed E-state index contributed by atoms with van der Waals surface area (Å²) in [6.07, 6.45) is 0. The summed E-state index contributed by atoms with van der Waals surface area (Å²) < 4.78 is 20.7. The third-order valence-corrected chi connectivity index (χ3v) is 3.68. The van der Waals surface area contributed by atoms with Gasteiger partial charge in [-0.1, -0.05) is 6.92 Å². The van der Waals surface area contributed by atoms with Gasteiger partial charge in [0.2, 0.25) is 5.75 Å². The summed E-state index contributed by atoms with van der Waals surface area (Å²) in [6.45, 7) is 4.34. The van der Waals surface area contributed by atoms with E-state index in [1.54, 1.807) is 21.3 Å². The molecule has 0 aromatic heterocycles. The largest absolute Gasteiger partial charge is 0.493 e. The van der Waals surface area contributed by atoms with Gasteiger partial charge in [0.25, 0.3) is 0 Å². The number of methoxy groups -OCH3 is 4. The normalized spacial score (nSPS) is 13.2. The molecule has 0 aliphatic carbocycles. The van der Waals surface area contributed by atoms with Gasteiger partial charge in [0.05, 0.1) is 34.4 Å². The lowest BCUT2D eigenvalue weighted by molar-refractivity contribution is -0.145. The molecule has 1 N–H and O–H groups in total. The van der Waals surface area contributed by atoms with Crippen LogP contribution in [0, 0.1) is 5.92 Å². The molecule has 0 radical (unpaired) electrons. The minimum atomic E-state index is -0.232. The zero-order chi connectivity index (χ0) is 16.7. The van der Waals surface area contributed by atoms with E-state index in [4.69, 9.17) is 18.9 Å². The third-order valence-electron chi connectivity index (χ3n) is 3.68. The predicted octanol–water partition coefficient (Wildman–Crippen LogP) is 2.00. The topological polar surface area (TPSA) is 66.0 Å². The zero-order valence-corrected chi connectivity index (χ0v) is 14.1. The molecule has 1 rings (SSSR count). The molecule has 0 aliphatic rings. The highest BCUT2D eigenvalue weighted by atomic mass is 16.5. The highest BCUT2D eigenvalue weighted by molar-refractivity contribution is 5.72. The Kier molecular flexibility index (Phi) is 6.98. The van der Waals surface area contributed by atoms with Crippen molar-refractivity contribution in [1.82, 2.24) is 5.32 Å². The fourth-order valence-electron chi connectivity index (χ4n) is 2.08. The molecule has 1 aromatic carbocycles. The molecule has 0 spiro atoms. The lowest BCUT2D eigenvalue weighted by Gasteiger charge is -2.20. The Labute approximate surface area is 131 Å². The minimum absolute atomic E-state index is 0.0217. The third kappa shape index (κ3) is 4.27. The summed E-state index contributed by atoms with van der Waals surface area (Å²) in [4.78, 5) is 11.5. The molecule has 2 atom stereocenters. The first-order valence-corrected chi connectivity index (χ1v) is 7.08. The first-order valence-electron chi connectivity index (χ1n) is 7.08. The molecule has 0 bridgehead atoms. The fourth-order valence-corrected chi connectivity index (χ4v) is 2.08. The Bertz CT molecular complexity index is 478. The number of carbonyl (C=O) groups excluding carboxylic acids is 1. The van der Waals surface area contributed by atoms with Gasteiger partial charge in [-0.25, -0.2) is 0 Å². The molecule has 6 heteroatoms. The summed E-state index contributed by atoms with van der Waals surface area (Å²) in [5.74, 6) is 1.31. The van der Waals surface area contributed by atoms with Crippen LogP contribution in [0.5, 0.6) is 17.2 Å². The molecule has 0 amide bonds. The summed E-state index contributed by atoms with van der Waals surface area (Å²) in [5.41, 5.74) is 0.971. The van der Waals surface area contributed by atoms with E-state index in [9.17, 15) is 4.79 Å². The maximum Gasteiger partial charge on any atom is 0.309 e. The van der Waals surface area contributed by atoms with E-state index >= 15 is 0 Å². The molecular formula is C16H25NO5. The van der Waals surface area contributed by atoms with Crippen molar-refractivity contribution in [3.05, 3.63) is 17.7 Å². The van der Waals surface area contributed by atoms with Crippen molar-refractivity contribution in [3.63, 3.8) is 0 Å². The molecular weight excluding hydrogens is 286 g/mol. The number of esters is 1. The molecule has 0 heterocycles. The monoisotopic (exact) mass is 311 g/mol. The molecule has 0 saturated carbocycles. The second-order valence-corrected chi connectivity index (χ2v) is 5.01. The van der Waals surface area contributed by atoms with Crippen LogP contribution in [-0.2, 0) is 16.1 Å². The average molecular weight is 311 g/mol. The van der Waals surface area contributed by atoms with Crippen molar-refractivity contribution in [2.24, 2.45) is 5.92 Å². The fraction of sp³-hybridized carbons (Fsp3) is 0.562. The van der Waals surface area contributed by atoms with Crippen LogP contribution < -0.4 is 19.5 Å². The number of rotatable bonds is 8. The number of benzene rings is 1. The lowest BCUT2D eigenvalue weighted by atomic mass is 10.0. The molecule has 0 saturated heterocycles. The number of nitrogens with one attached hydrogen (secondary N) is 1. The highest BCUT2D eigenvalue weighted by Gasteiger charge is 2.21.